The Morgan fingerprint density at radius 3 is 2.84 bits per heavy atom. The second-order valence-corrected chi connectivity index (χ2v) is 5.94. The molecular formula is C16H23N3. The number of fused-ring (bicyclic) bond motifs is 1. The Morgan fingerprint density at radius 1 is 1.37 bits per heavy atom. The van der Waals surface area contributed by atoms with Crippen molar-refractivity contribution in [2.75, 3.05) is 6.54 Å². The minimum absolute atomic E-state index is 0.556. The molecule has 0 aliphatic heterocycles. The van der Waals surface area contributed by atoms with Crippen LogP contribution in [-0.4, -0.2) is 22.1 Å². The van der Waals surface area contributed by atoms with E-state index in [1.54, 1.807) is 0 Å². The third-order valence-corrected chi connectivity index (χ3v) is 3.81. The maximum Gasteiger partial charge on any atom is 0.106 e. The highest BCUT2D eigenvalue weighted by Crippen LogP contribution is 2.38. The second-order valence-electron chi connectivity index (χ2n) is 5.94. The van der Waals surface area contributed by atoms with Crippen LogP contribution in [0.3, 0.4) is 0 Å². The summed E-state index contributed by atoms with van der Waals surface area (Å²) in [7, 11) is 0. The zero-order valence-corrected chi connectivity index (χ0v) is 12.1. The van der Waals surface area contributed by atoms with Gasteiger partial charge in [-0.15, -0.1) is 0 Å². The standard InChI is InChI=1S/C16H23N3/c1-11(2)17-9-8-13-4-7-16-15(10-13)18-12(3)19(16)14-5-6-14/h4,7,10-11,14,17H,5-6,8-9H2,1-3H3. The van der Waals surface area contributed by atoms with Gasteiger partial charge in [-0.3, -0.25) is 0 Å². The smallest absolute Gasteiger partial charge is 0.106 e. The Hall–Kier alpha value is -1.35. The molecule has 1 aliphatic carbocycles. The summed E-state index contributed by atoms with van der Waals surface area (Å²) >= 11 is 0. The van der Waals surface area contributed by atoms with Gasteiger partial charge in [0.05, 0.1) is 11.0 Å². The first-order chi connectivity index (χ1) is 9.15. The molecule has 0 spiro atoms. The van der Waals surface area contributed by atoms with Gasteiger partial charge >= 0.3 is 0 Å². The normalized spacial score (nSPS) is 15.6. The molecular weight excluding hydrogens is 234 g/mol. The lowest BCUT2D eigenvalue weighted by molar-refractivity contribution is 0.590. The summed E-state index contributed by atoms with van der Waals surface area (Å²) in [5.74, 6) is 1.16. The van der Waals surface area contributed by atoms with Gasteiger partial charge in [0, 0.05) is 12.1 Å². The average Bonchev–Trinajstić information content (AvgIpc) is 3.11. The third-order valence-electron chi connectivity index (χ3n) is 3.81. The van der Waals surface area contributed by atoms with Crippen molar-refractivity contribution in [3.8, 4) is 0 Å². The molecule has 1 aliphatic rings. The van der Waals surface area contributed by atoms with Crippen LogP contribution in [0.15, 0.2) is 18.2 Å². The molecule has 0 bridgehead atoms. The topological polar surface area (TPSA) is 29.9 Å². The largest absolute Gasteiger partial charge is 0.325 e. The van der Waals surface area contributed by atoms with E-state index in [1.165, 1.54) is 23.9 Å². The Bertz CT molecular complexity index is 579. The van der Waals surface area contributed by atoms with Gasteiger partial charge in [0.2, 0.25) is 0 Å². The van der Waals surface area contributed by atoms with Crippen LogP contribution in [-0.2, 0) is 6.42 Å². The fourth-order valence-corrected chi connectivity index (χ4v) is 2.72. The fraction of sp³-hybridized carbons (Fsp3) is 0.562. The molecule has 1 aromatic carbocycles. The number of aryl methyl sites for hydroxylation is 1. The van der Waals surface area contributed by atoms with E-state index in [0.29, 0.717) is 12.1 Å². The van der Waals surface area contributed by atoms with E-state index in [0.717, 1.165) is 24.3 Å². The number of hydrogen-bond donors (Lipinski definition) is 1. The monoisotopic (exact) mass is 257 g/mol. The van der Waals surface area contributed by atoms with Crippen molar-refractivity contribution >= 4 is 11.0 Å². The molecule has 19 heavy (non-hydrogen) atoms. The average molecular weight is 257 g/mol. The van der Waals surface area contributed by atoms with E-state index >= 15 is 0 Å². The lowest BCUT2D eigenvalue weighted by atomic mass is 10.1. The Morgan fingerprint density at radius 2 is 2.16 bits per heavy atom. The number of nitrogens with one attached hydrogen (secondary N) is 1. The lowest BCUT2D eigenvalue weighted by Gasteiger charge is -2.08. The number of hydrogen-bond acceptors (Lipinski definition) is 2. The van der Waals surface area contributed by atoms with Crippen molar-refractivity contribution in [3.05, 3.63) is 29.6 Å². The van der Waals surface area contributed by atoms with Crippen LogP contribution in [0.2, 0.25) is 0 Å². The van der Waals surface area contributed by atoms with Gasteiger partial charge in [0.1, 0.15) is 5.82 Å². The van der Waals surface area contributed by atoms with Crippen molar-refractivity contribution in [2.45, 2.75) is 52.1 Å². The van der Waals surface area contributed by atoms with Crippen molar-refractivity contribution in [3.63, 3.8) is 0 Å². The van der Waals surface area contributed by atoms with E-state index in [2.05, 4.69) is 48.9 Å². The Balaban J connectivity index is 1.81. The number of benzene rings is 1. The first kappa shape index (κ1) is 12.7. The molecule has 1 heterocycles. The summed E-state index contributed by atoms with van der Waals surface area (Å²) < 4.78 is 2.41. The SMILES string of the molecule is Cc1nc2cc(CCNC(C)C)ccc2n1C1CC1. The van der Waals surface area contributed by atoms with Crippen molar-refractivity contribution < 1.29 is 0 Å². The Labute approximate surface area is 115 Å². The summed E-state index contributed by atoms with van der Waals surface area (Å²) in [5.41, 5.74) is 3.84. The molecule has 3 nitrogen and oxygen atoms in total. The van der Waals surface area contributed by atoms with Gasteiger partial charge in [0.25, 0.3) is 0 Å². The van der Waals surface area contributed by atoms with Crippen LogP contribution in [0.25, 0.3) is 11.0 Å². The minimum atomic E-state index is 0.556. The maximum atomic E-state index is 4.72. The van der Waals surface area contributed by atoms with E-state index in [4.69, 9.17) is 4.98 Å². The molecule has 0 atom stereocenters. The van der Waals surface area contributed by atoms with Crippen LogP contribution in [0, 0.1) is 6.92 Å². The minimum Gasteiger partial charge on any atom is -0.325 e. The predicted octanol–water partition coefficient (Wildman–Crippen LogP) is 3.22. The molecule has 1 N–H and O–H groups in total. The van der Waals surface area contributed by atoms with Gasteiger partial charge in [-0.25, -0.2) is 4.98 Å². The molecule has 2 aromatic rings. The summed E-state index contributed by atoms with van der Waals surface area (Å²) in [6.07, 6.45) is 3.70. The highest BCUT2D eigenvalue weighted by Gasteiger charge is 2.26. The first-order valence-corrected chi connectivity index (χ1v) is 7.36. The molecule has 3 heteroatoms. The summed E-state index contributed by atoms with van der Waals surface area (Å²) in [6.45, 7) is 7.53. The molecule has 102 valence electrons. The summed E-state index contributed by atoms with van der Waals surface area (Å²) in [6, 6.07) is 8.02. The predicted molar refractivity (Wildman–Crippen MR) is 79.6 cm³/mol. The van der Waals surface area contributed by atoms with Gasteiger partial charge < -0.3 is 9.88 Å². The van der Waals surface area contributed by atoms with Gasteiger partial charge in [-0.1, -0.05) is 19.9 Å². The van der Waals surface area contributed by atoms with E-state index < -0.39 is 0 Å². The van der Waals surface area contributed by atoms with Gasteiger partial charge in [-0.05, 0) is 50.4 Å². The van der Waals surface area contributed by atoms with Crippen LogP contribution in [0.4, 0.5) is 0 Å². The highest BCUT2D eigenvalue weighted by atomic mass is 15.1. The zero-order chi connectivity index (χ0) is 13.4. The quantitative estimate of drug-likeness (QED) is 0.891. The van der Waals surface area contributed by atoms with E-state index in [9.17, 15) is 0 Å². The van der Waals surface area contributed by atoms with Crippen molar-refractivity contribution in [2.24, 2.45) is 0 Å². The molecule has 1 aromatic heterocycles. The summed E-state index contributed by atoms with van der Waals surface area (Å²) in [5, 5.41) is 3.46. The molecule has 0 unspecified atom stereocenters. The van der Waals surface area contributed by atoms with E-state index in [1.807, 2.05) is 0 Å². The molecule has 3 rings (SSSR count). The maximum absolute atomic E-state index is 4.72. The van der Waals surface area contributed by atoms with Crippen LogP contribution >= 0.6 is 0 Å². The number of imidazole rings is 1. The first-order valence-electron chi connectivity index (χ1n) is 7.36. The van der Waals surface area contributed by atoms with Gasteiger partial charge in [-0.2, -0.15) is 0 Å². The van der Waals surface area contributed by atoms with Gasteiger partial charge in [0.15, 0.2) is 0 Å². The molecule has 0 radical (unpaired) electrons. The zero-order valence-electron chi connectivity index (χ0n) is 12.1. The van der Waals surface area contributed by atoms with Crippen LogP contribution < -0.4 is 5.32 Å². The highest BCUT2D eigenvalue weighted by molar-refractivity contribution is 5.77. The van der Waals surface area contributed by atoms with Crippen LogP contribution in [0.1, 0.15) is 44.1 Å². The number of nitrogens with zero attached hydrogens (tertiary/aromatic N) is 2. The lowest BCUT2D eigenvalue weighted by Crippen LogP contribution is -2.24. The molecule has 1 saturated carbocycles. The molecule has 1 fully saturated rings. The molecule has 0 amide bonds. The molecule has 0 saturated heterocycles. The Kier molecular flexibility index (Phi) is 3.31. The van der Waals surface area contributed by atoms with E-state index in [-0.39, 0.29) is 0 Å². The summed E-state index contributed by atoms with van der Waals surface area (Å²) in [4.78, 5) is 4.72. The third kappa shape index (κ3) is 2.66. The number of rotatable bonds is 5. The number of aromatic nitrogens is 2. The van der Waals surface area contributed by atoms with Crippen molar-refractivity contribution in [1.29, 1.82) is 0 Å². The van der Waals surface area contributed by atoms with Crippen molar-refractivity contribution in [1.82, 2.24) is 14.9 Å². The van der Waals surface area contributed by atoms with Crippen LogP contribution in [0.5, 0.6) is 0 Å². The fourth-order valence-electron chi connectivity index (χ4n) is 2.72. The second kappa shape index (κ2) is 4.97.